The quantitative estimate of drug-likeness (QED) is 0.861. The Labute approximate surface area is 134 Å². The van der Waals surface area contributed by atoms with Crippen LogP contribution in [0.1, 0.15) is 24.8 Å². The molecule has 1 atom stereocenters. The van der Waals surface area contributed by atoms with Crippen molar-refractivity contribution in [2.24, 2.45) is 11.7 Å². The maximum atomic E-state index is 12.2. The van der Waals surface area contributed by atoms with E-state index in [9.17, 15) is 8.42 Å². The van der Waals surface area contributed by atoms with E-state index in [1.165, 1.54) is 17.1 Å². The molecule has 0 amide bonds. The average Bonchev–Trinajstić information content (AvgIpc) is 2.48. The monoisotopic (exact) mass is 325 g/mol. The molecular weight excluding hydrogens is 298 g/mol. The lowest BCUT2D eigenvalue weighted by Crippen LogP contribution is -2.35. The first-order chi connectivity index (χ1) is 10.4. The van der Waals surface area contributed by atoms with Gasteiger partial charge in [0.05, 0.1) is 4.90 Å². The minimum Gasteiger partial charge on any atom is -0.330 e. The summed E-state index contributed by atoms with van der Waals surface area (Å²) in [7, 11) is -0.242. The Hall–Kier alpha value is -0.950. The lowest BCUT2D eigenvalue weighted by Gasteiger charge is -2.32. The summed E-state index contributed by atoms with van der Waals surface area (Å²) in [6.07, 6.45) is 3.52. The van der Waals surface area contributed by atoms with Crippen molar-refractivity contribution in [1.29, 1.82) is 0 Å². The van der Waals surface area contributed by atoms with Gasteiger partial charge in [-0.15, -0.1) is 0 Å². The number of rotatable bonds is 6. The van der Waals surface area contributed by atoms with Gasteiger partial charge in [0, 0.05) is 27.2 Å². The Balaban J connectivity index is 2.07. The third-order valence-electron chi connectivity index (χ3n) is 4.26. The molecule has 0 bridgehead atoms. The number of likely N-dealkylation sites (tertiary alicyclic amines) is 1. The summed E-state index contributed by atoms with van der Waals surface area (Å²) in [5.74, 6) is 0.674. The first kappa shape index (κ1) is 17.4. The Morgan fingerprint density at radius 2 is 2.14 bits per heavy atom. The van der Waals surface area contributed by atoms with Crippen molar-refractivity contribution in [3.63, 3.8) is 0 Å². The largest absolute Gasteiger partial charge is 0.330 e. The van der Waals surface area contributed by atoms with E-state index in [4.69, 9.17) is 5.73 Å². The van der Waals surface area contributed by atoms with E-state index in [1.807, 2.05) is 12.1 Å². The third kappa shape index (κ3) is 4.29. The number of nitrogens with zero attached hydrogens (tertiary/aromatic N) is 2. The van der Waals surface area contributed by atoms with Crippen LogP contribution in [0.25, 0.3) is 0 Å². The van der Waals surface area contributed by atoms with E-state index in [1.54, 1.807) is 26.2 Å². The normalized spacial score (nSPS) is 20.5. The molecule has 124 valence electrons. The van der Waals surface area contributed by atoms with Crippen LogP contribution in [0, 0.1) is 5.92 Å². The maximum Gasteiger partial charge on any atom is 0.242 e. The number of nitrogens with two attached hydrogens (primary N) is 1. The molecule has 2 rings (SSSR count). The Morgan fingerprint density at radius 1 is 1.36 bits per heavy atom. The van der Waals surface area contributed by atoms with Crippen molar-refractivity contribution in [1.82, 2.24) is 9.21 Å². The second-order valence-corrected chi connectivity index (χ2v) is 8.41. The number of piperidine rings is 1. The second-order valence-electron chi connectivity index (χ2n) is 6.26. The summed E-state index contributed by atoms with van der Waals surface area (Å²) in [6.45, 7) is 3.68. The Bertz CT molecular complexity index is 585. The molecular formula is C16H27N3O2S. The topological polar surface area (TPSA) is 66.6 Å². The minimum atomic E-state index is -3.36. The highest BCUT2D eigenvalue weighted by Crippen LogP contribution is 2.22. The van der Waals surface area contributed by atoms with Gasteiger partial charge in [0.1, 0.15) is 0 Å². The lowest BCUT2D eigenvalue weighted by atomic mass is 9.94. The van der Waals surface area contributed by atoms with Gasteiger partial charge in [-0.05, 0) is 56.0 Å². The standard InChI is InChI=1S/C16H27N3O2S/c1-18(2)22(20,21)16-7-3-5-15(11-16)13-19-10-4-6-14(12-19)8-9-17/h3,5,7,11,14H,4,6,8-10,12-13,17H2,1-2H3. The molecule has 1 fully saturated rings. The van der Waals surface area contributed by atoms with E-state index >= 15 is 0 Å². The predicted octanol–water partition coefficient (Wildman–Crippen LogP) is 1.50. The van der Waals surface area contributed by atoms with Gasteiger partial charge in [-0.1, -0.05) is 12.1 Å². The van der Waals surface area contributed by atoms with E-state index in [0.717, 1.165) is 38.2 Å². The zero-order chi connectivity index (χ0) is 16.2. The smallest absolute Gasteiger partial charge is 0.242 e. The van der Waals surface area contributed by atoms with E-state index < -0.39 is 10.0 Å². The summed E-state index contributed by atoms with van der Waals surface area (Å²) >= 11 is 0. The number of hydrogen-bond donors (Lipinski definition) is 1. The van der Waals surface area contributed by atoms with Crippen LogP contribution in [0.4, 0.5) is 0 Å². The first-order valence-electron chi connectivity index (χ1n) is 7.87. The zero-order valence-electron chi connectivity index (χ0n) is 13.5. The fourth-order valence-corrected chi connectivity index (χ4v) is 4.01. The Morgan fingerprint density at radius 3 is 2.82 bits per heavy atom. The number of hydrogen-bond acceptors (Lipinski definition) is 4. The van der Waals surface area contributed by atoms with Gasteiger partial charge >= 0.3 is 0 Å². The van der Waals surface area contributed by atoms with Gasteiger partial charge in [0.2, 0.25) is 10.0 Å². The summed E-state index contributed by atoms with van der Waals surface area (Å²) in [5.41, 5.74) is 6.72. The predicted molar refractivity (Wildman–Crippen MR) is 89.0 cm³/mol. The molecule has 0 aromatic heterocycles. The molecule has 1 unspecified atom stereocenters. The van der Waals surface area contributed by atoms with Crippen molar-refractivity contribution >= 4 is 10.0 Å². The van der Waals surface area contributed by atoms with Crippen LogP contribution in [-0.4, -0.2) is 51.4 Å². The van der Waals surface area contributed by atoms with E-state index in [2.05, 4.69) is 4.90 Å². The molecule has 0 aliphatic carbocycles. The second kappa shape index (κ2) is 7.55. The van der Waals surface area contributed by atoms with Crippen LogP contribution in [-0.2, 0) is 16.6 Å². The summed E-state index contributed by atoms with van der Waals surface area (Å²) < 4.78 is 25.7. The highest BCUT2D eigenvalue weighted by Gasteiger charge is 2.21. The number of benzene rings is 1. The fourth-order valence-electron chi connectivity index (χ4n) is 3.04. The van der Waals surface area contributed by atoms with Gasteiger partial charge in [0.25, 0.3) is 0 Å². The zero-order valence-corrected chi connectivity index (χ0v) is 14.3. The van der Waals surface area contributed by atoms with Gasteiger partial charge in [-0.2, -0.15) is 0 Å². The van der Waals surface area contributed by atoms with Gasteiger partial charge in [-0.3, -0.25) is 4.90 Å². The van der Waals surface area contributed by atoms with Crippen LogP contribution < -0.4 is 5.73 Å². The summed E-state index contributed by atoms with van der Waals surface area (Å²) in [4.78, 5) is 2.77. The molecule has 0 saturated carbocycles. The van der Waals surface area contributed by atoms with Gasteiger partial charge in [0.15, 0.2) is 0 Å². The van der Waals surface area contributed by atoms with Crippen molar-refractivity contribution < 1.29 is 8.42 Å². The minimum absolute atomic E-state index is 0.366. The highest BCUT2D eigenvalue weighted by molar-refractivity contribution is 7.89. The third-order valence-corrected chi connectivity index (χ3v) is 6.07. The summed E-state index contributed by atoms with van der Waals surface area (Å²) in [5, 5.41) is 0. The van der Waals surface area contributed by atoms with Crippen molar-refractivity contribution in [3.8, 4) is 0 Å². The van der Waals surface area contributed by atoms with Crippen LogP contribution in [0.3, 0.4) is 0 Å². The highest BCUT2D eigenvalue weighted by atomic mass is 32.2. The van der Waals surface area contributed by atoms with Crippen molar-refractivity contribution in [2.45, 2.75) is 30.7 Å². The molecule has 22 heavy (non-hydrogen) atoms. The molecule has 1 aromatic rings. The van der Waals surface area contributed by atoms with Crippen LogP contribution in [0.2, 0.25) is 0 Å². The SMILES string of the molecule is CN(C)S(=O)(=O)c1cccc(CN2CCCC(CCN)C2)c1. The van der Waals surface area contributed by atoms with Crippen LogP contribution in [0.15, 0.2) is 29.2 Å². The summed E-state index contributed by atoms with van der Waals surface area (Å²) in [6, 6.07) is 7.28. The molecule has 6 heteroatoms. The van der Waals surface area contributed by atoms with E-state index in [-0.39, 0.29) is 0 Å². The molecule has 1 aliphatic rings. The molecule has 0 radical (unpaired) electrons. The number of sulfonamides is 1. The maximum absolute atomic E-state index is 12.2. The fraction of sp³-hybridized carbons (Fsp3) is 0.625. The van der Waals surface area contributed by atoms with Gasteiger partial charge < -0.3 is 5.73 Å². The molecule has 1 saturated heterocycles. The van der Waals surface area contributed by atoms with Crippen molar-refractivity contribution in [2.75, 3.05) is 33.7 Å². The van der Waals surface area contributed by atoms with E-state index in [0.29, 0.717) is 10.8 Å². The Kier molecular flexibility index (Phi) is 5.97. The molecule has 1 heterocycles. The lowest BCUT2D eigenvalue weighted by molar-refractivity contribution is 0.163. The molecule has 1 aromatic carbocycles. The average molecular weight is 325 g/mol. The van der Waals surface area contributed by atoms with Crippen LogP contribution in [0.5, 0.6) is 0 Å². The first-order valence-corrected chi connectivity index (χ1v) is 9.31. The van der Waals surface area contributed by atoms with Crippen LogP contribution >= 0.6 is 0 Å². The van der Waals surface area contributed by atoms with Crippen molar-refractivity contribution in [3.05, 3.63) is 29.8 Å². The molecule has 0 spiro atoms. The molecule has 1 aliphatic heterocycles. The molecule has 2 N–H and O–H groups in total. The van der Waals surface area contributed by atoms with Gasteiger partial charge in [-0.25, -0.2) is 12.7 Å². The molecule has 5 nitrogen and oxygen atoms in total.